The molecule has 1 fully saturated rings. The zero-order valence-corrected chi connectivity index (χ0v) is 25.5. The molecule has 2 atom stereocenters. The Hall–Kier alpha value is -2.62. The number of amides is 4. The molecule has 1 aromatic carbocycles. The van der Waals surface area contributed by atoms with E-state index in [4.69, 9.17) is 4.74 Å². The summed E-state index contributed by atoms with van der Waals surface area (Å²) in [6.45, 7) is 13.7. The fraction of sp³-hybridized carbons (Fsp3) is 0.643. The Balaban J connectivity index is 2.24. The first-order valence-corrected chi connectivity index (χ1v) is 14.0. The van der Waals surface area contributed by atoms with Crippen LogP contribution in [-0.2, 0) is 14.4 Å². The van der Waals surface area contributed by atoms with Gasteiger partial charge in [0.1, 0.15) is 17.8 Å². The Bertz CT molecular complexity index is 1020. The minimum atomic E-state index is -0.805. The van der Waals surface area contributed by atoms with E-state index in [0.717, 1.165) is 6.42 Å². The zero-order valence-electron chi connectivity index (χ0n) is 23.9. The number of hydrogen-bond acceptors (Lipinski definition) is 5. The maximum atomic E-state index is 13.7. The molecule has 1 aromatic rings. The zero-order chi connectivity index (χ0) is 28.8. The van der Waals surface area contributed by atoms with Crippen LogP contribution in [0.1, 0.15) is 78.1 Å². The summed E-state index contributed by atoms with van der Waals surface area (Å²) in [6, 6.07) is 3.60. The van der Waals surface area contributed by atoms with Crippen LogP contribution in [0.5, 0.6) is 5.75 Å². The predicted molar refractivity (Wildman–Crippen MR) is 151 cm³/mol. The van der Waals surface area contributed by atoms with E-state index in [1.54, 1.807) is 35.0 Å². The summed E-state index contributed by atoms with van der Waals surface area (Å²) in [5.41, 5.74) is -0.201. The Morgan fingerprint density at radius 1 is 1.16 bits per heavy atom. The van der Waals surface area contributed by atoms with E-state index < -0.39 is 23.5 Å². The Morgan fingerprint density at radius 3 is 2.39 bits per heavy atom. The minimum Gasteiger partial charge on any atom is -0.483 e. The van der Waals surface area contributed by atoms with Crippen molar-refractivity contribution in [3.05, 3.63) is 28.2 Å². The van der Waals surface area contributed by atoms with Crippen molar-refractivity contribution < 1.29 is 23.9 Å². The van der Waals surface area contributed by atoms with Crippen LogP contribution in [0.2, 0.25) is 0 Å². The van der Waals surface area contributed by atoms with Gasteiger partial charge in [0.25, 0.3) is 11.8 Å². The number of benzene rings is 1. The van der Waals surface area contributed by atoms with Crippen LogP contribution in [0, 0.1) is 5.92 Å². The smallest absolute Gasteiger partial charge is 0.258 e. The molecule has 0 saturated carbocycles. The maximum Gasteiger partial charge on any atom is 0.258 e. The molecule has 212 valence electrons. The molecule has 0 aromatic heterocycles. The van der Waals surface area contributed by atoms with Crippen molar-refractivity contribution in [3.8, 4) is 5.75 Å². The number of likely N-dealkylation sites (tertiary alicyclic amines) is 1. The molecule has 2 rings (SSSR count). The predicted octanol–water partition coefficient (Wildman–Crippen LogP) is 3.74. The van der Waals surface area contributed by atoms with Gasteiger partial charge in [-0.25, -0.2) is 0 Å². The van der Waals surface area contributed by atoms with E-state index in [-0.39, 0.29) is 47.6 Å². The lowest BCUT2D eigenvalue weighted by atomic mass is 10.0. The van der Waals surface area contributed by atoms with Crippen LogP contribution >= 0.6 is 15.9 Å². The maximum absolute atomic E-state index is 13.7. The number of carbonyl (C=O) groups is 4. The van der Waals surface area contributed by atoms with Crippen LogP contribution in [0.4, 0.5) is 0 Å². The Morgan fingerprint density at radius 2 is 1.82 bits per heavy atom. The highest BCUT2D eigenvalue weighted by Crippen LogP contribution is 2.26. The molecule has 1 aliphatic heterocycles. The van der Waals surface area contributed by atoms with Gasteiger partial charge in [-0.2, -0.15) is 0 Å². The standard InChI is InChI=1S/C28H43BrN4O5/c1-17(2)14-21(26(36)33-13-9-10-22(33)27(37)32(8)18(3)4)30-25(35)20-12-11-19(29)15-23(20)38-16-24(34)31-28(5,6)7/h11-12,15,17-18,21-22H,9-10,13-14,16H2,1-8H3,(H,30,35)(H,31,34). The lowest BCUT2D eigenvalue weighted by molar-refractivity contribution is -0.145. The quantitative estimate of drug-likeness (QED) is 0.429. The van der Waals surface area contributed by atoms with Crippen molar-refractivity contribution >= 4 is 39.6 Å². The molecule has 1 heterocycles. The summed E-state index contributed by atoms with van der Waals surface area (Å²) in [5.74, 6) is -0.788. The van der Waals surface area contributed by atoms with Gasteiger partial charge < -0.3 is 25.2 Å². The fourth-order valence-corrected chi connectivity index (χ4v) is 4.65. The number of ether oxygens (including phenoxy) is 1. The third-order valence-corrected chi connectivity index (χ3v) is 6.81. The van der Waals surface area contributed by atoms with Crippen LogP contribution < -0.4 is 15.4 Å². The number of nitrogens with zero attached hydrogens (tertiary/aromatic N) is 2. The molecule has 0 aliphatic carbocycles. The van der Waals surface area contributed by atoms with Gasteiger partial charge in [-0.15, -0.1) is 0 Å². The second-order valence-corrected chi connectivity index (χ2v) is 12.5. The monoisotopic (exact) mass is 594 g/mol. The van der Waals surface area contributed by atoms with E-state index in [0.29, 0.717) is 23.9 Å². The van der Waals surface area contributed by atoms with Crippen molar-refractivity contribution in [2.45, 2.75) is 91.4 Å². The lowest BCUT2D eigenvalue weighted by Gasteiger charge is -2.33. The summed E-state index contributed by atoms with van der Waals surface area (Å²) < 4.78 is 6.40. The molecule has 38 heavy (non-hydrogen) atoms. The van der Waals surface area contributed by atoms with E-state index in [2.05, 4.69) is 26.6 Å². The fourth-order valence-electron chi connectivity index (χ4n) is 4.31. The average Bonchev–Trinajstić information content (AvgIpc) is 3.29. The molecule has 2 N–H and O–H groups in total. The third-order valence-electron chi connectivity index (χ3n) is 6.32. The minimum absolute atomic E-state index is 0.0209. The number of halogens is 1. The van der Waals surface area contributed by atoms with Gasteiger partial charge in [-0.1, -0.05) is 29.8 Å². The van der Waals surface area contributed by atoms with E-state index in [1.165, 1.54) is 0 Å². The van der Waals surface area contributed by atoms with E-state index in [1.807, 2.05) is 48.5 Å². The van der Waals surface area contributed by atoms with Gasteiger partial charge in [0.2, 0.25) is 11.8 Å². The lowest BCUT2D eigenvalue weighted by Crippen LogP contribution is -2.54. The molecule has 0 spiro atoms. The van der Waals surface area contributed by atoms with Gasteiger partial charge in [0, 0.05) is 29.6 Å². The second kappa shape index (κ2) is 13.4. The number of carbonyl (C=O) groups excluding carboxylic acids is 4. The van der Waals surface area contributed by atoms with Crippen molar-refractivity contribution in [3.63, 3.8) is 0 Å². The summed E-state index contributed by atoms with van der Waals surface area (Å²) >= 11 is 3.39. The summed E-state index contributed by atoms with van der Waals surface area (Å²) in [5, 5.41) is 5.71. The number of rotatable bonds is 10. The molecule has 9 nitrogen and oxygen atoms in total. The first kappa shape index (κ1) is 31.6. The van der Waals surface area contributed by atoms with Crippen LogP contribution in [0.15, 0.2) is 22.7 Å². The molecule has 4 amide bonds. The third kappa shape index (κ3) is 8.99. The highest BCUT2D eigenvalue weighted by molar-refractivity contribution is 9.10. The molecule has 0 bridgehead atoms. The van der Waals surface area contributed by atoms with E-state index >= 15 is 0 Å². The van der Waals surface area contributed by atoms with Crippen LogP contribution in [0.25, 0.3) is 0 Å². The normalized spacial score (nSPS) is 16.4. The Labute approximate surface area is 235 Å². The number of nitrogens with one attached hydrogen (secondary N) is 2. The van der Waals surface area contributed by atoms with Crippen LogP contribution in [0.3, 0.4) is 0 Å². The largest absolute Gasteiger partial charge is 0.483 e. The molecular formula is C28H43BrN4O5. The van der Waals surface area contributed by atoms with Crippen molar-refractivity contribution in [2.24, 2.45) is 5.92 Å². The van der Waals surface area contributed by atoms with Gasteiger partial charge in [0.05, 0.1) is 5.56 Å². The topological polar surface area (TPSA) is 108 Å². The summed E-state index contributed by atoms with van der Waals surface area (Å²) in [4.78, 5) is 55.7. The summed E-state index contributed by atoms with van der Waals surface area (Å²) in [7, 11) is 1.75. The SMILES string of the molecule is CC(C)CC(NC(=O)c1ccc(Br)cc1OCC(=O)NC(C)(C)C)C(=O)N1CCCC1C(=O)N(C)C(C)C. The average molecular weight is 596 g/mol. The van der Waals surface area contributed by atoms with Crippen molar-refractivity contribution in [1.29, 1.82) is 0 Å². The highest BCUT2D eigenvalue weighted by Gasteiger charge is 2.39. The van der Waals surface area contributed by atoms with Gasteiger partial charge in [-0.3, -0.25) is 19.2 Å². The molecule has 0 radical (unpaired) electrons. The Kier molecular flexibility index (Phi) is 11.2. The number of hydrogen-bond donors (Lipinski definition) is 2. The van der Waals surface area contributed by atoms with Gasteiger partial charge in [0.15, 0.2) is 6.61 Å². The molecule has 2 unspecified atom stereocenters. The van der Waals surface area contributed by atoms with Crippen molar-refractivity contribution in [1.82, 2.24) is 20.4 Å². The van der Waals surface area contributed by atoms with Crippen LogP contribution in [-0.4, -0.2) is 77.3 Å². The summed E-state index contributed by atoms with van der Waals surface area (Å²) in [6.07, 6.45) is 1.76. The molecular weight excluding hydrogens is 552 g/mol. The molecule has 1 aliphatic rings. The van der Waals surface area contributed by atoms with Crippen molar-refractivity contribution in [2.75, 3.05) is 20.2 Å². The molecule has 1 saturated heterocycles. The first-order valence-electron chi connectivity index (χ1n) is 13.2. The number of likely N-dealkylation sites (N-methyl/N-ethyl adjacent to an activating group) is 1. The van der Waals surface area contributed by atoms with E-state index in [9.17, 15) is 19.2 Å². The highest BCUT2D eigenvalue weighted by atomic mass is 79.9. The first-order chi connectivity index (χ1) is 17.6. The van der Waals surface area contributed by atoms with Gasteiger partial charge >= 0.3 is 0 Å². The van der Waals surface area contributed by atoms with Gasteiger partial charge in [-0.05, 0) is 78.0 Å². The molecule has 10 heteroatoms. The second-order valence-electron chi connectivity index (χ2n) is 11.6.